The number of ether oxygens (including phenoxy) is 5. The van der Waals surface area contributed by atoms with Crippen LogP contribution in [0.25, 0.3) is 0 Å². The molecule has 4 atom stereocenters. The van der Waals surface area contributed by atoms with Crippen LogP contribution in [0, 0.1) is 16.7 Å². The second kappa shape index (κ2) is 11.5. The first-order valence-corrected chi connectivity index (χ1v) is 17.9. The average molecular weight is 657 g/mol. The van der Waals surface area contributed by atoms with Crippen molar-refractivity contribution in [1.82, 2.24) is 0 Å². The SMILES string of the molecule is CC1(C)CCC[C@]2(C)CC3=C(C[C@@H]12)O[C@H]1Oc2c4ccc(c2O[C@@H]31)CCc1ccc(cc1)Oc1cc(ccc1O)CCc1cccc(c1)O4. The largest absolute Gasteiger partial charge is 0.504 e. The van der Waals surface area contributed by atoms with Gasteiger partial charge in [-0.1, -0.05) is 63.6 Å². The fourth-order valence-electron chi connectivity index (χ4n) is 9.24. The van der Waals surface area contributed by atoms with E-state index in [-0.39, 0.29) is 22.7 Å². The van der Waals surface area contributed by atoms with Crippen LogP contribution in [-0.2, 0) is 30.4 Å². The van der Waals surface area contributed by atoms with Crippen molar-refractivity contribution in [2.45, 2.75) is 91.0 Å². The van der Waals surface area contributed by atoms with Gasteiger partial charge in [0.2, 0.25) is 5.75 Å². The number of phenolic OH excluding ortho intramolecular Hbond substituents is 1. The summed E-state index contributed by atoms with van der Waals surface area (Å²) in [6, 6.07) is 26.0. The van der Waals surface area contributed by atoms with Gasteiger partial charge in [-0.25, -0.2) is 0 Å². The molecular formula is C43H44O6. The minimum Gasteiger partial charge on any atom is -0.504 e. The maximum atomic E-state index is 10.5. The van der Waals surface area contributed by atoms with Crippen molar-refractivity contribution in [3.63, 3.8) is 0 Å². The highest BCUT2D eigenvalue weighted by Gasteiger charge is 2.55. The van der Waals surface area contributed by atoms with E-state index in [9.17, 15) is 5.11 Å². The molecule has 0 amide bonds. The molecule has 1 N–H and O–H groups in total. The van der Waals surface area contributed by atoms with Crippen molar-refractivity contribution in [1.29, 1.82) is 0 Å². The second-order valence-electron chi connectivity index (χ2n) is 15.7. The first-order valence-electron chi connectivity index (χ1n) is 17.9. The number of phenols is 1. The zero-order valence-corrected chi connectivity index (χ0v) is 28.6. The van der Waals surface area contributed by atoms with E-state index in [2.05, 4.69) is 51.1 Å². The van der Waals surface area contributed by atoms with Crippen molar-refractivity contribution < 1.29 is 28.8 Å². The van der Waals surface area contributed by atoms with Crippen LogP contribution >= 0.6 is 0 Å². The van der Waals surface area contributed by atoms with Gasteiger partial charge in [0.1, 0.15) is 17.3 Å². The van der Waals surface area contributed by atoms with Crippen LogP contribution in [0.15, 0.2) is 90.2 Å². The van der Waals surface area contributed by atoms with Crippen LogP contribution < -0.4 is 18.9 Å². The normalized spacial score (nSPS) is 26.4. The van der Waals surface area contributed by atoms with E-state index >= 15 is 0 Å². The standard InChI is InChI=1S/C43H44O6/c1-42(2)20-5-21-43(3)25-32-35(24-37(42)43)47-41-39(32)48-38-29-14-10-26-11-16-30(17-12-26)45-36-23-28(13-18-33(36)44)9-8-27-6-4-7-31(22-27)46-34(19-15-29)40(38)49-41/h4,6-7,11-13,15-19,22-23,37,39,41,44H,5,8-10,14,20-21,24-25H2,1-3H3/t37-,39-,41-,43+/m0/s1. The quantitative estimate of drug-likeness (QED) is 0.203. The zero-order chi connectivity index (χ0) is 33.3. The first-order chi connectivity index (χ1) is 23.7. The number of fused-ring (bicyclic) bond motifs is 3. The van der Waals surface area contributed by atoms with Gasteiger partial charge in [-0.2, -0.15) is 0 Å². The van der Waals surface area contributed by atoms with Crippen molar-refractivity contribution in [3.8, 4) is 40.2 Å². The molecule has 6 heterocycles. The van der Waals surface area contributed by atoms with Gasteiger partial charge in [0.25, 0.3) is 6.29 Å². The van der Waals surface area contributed by atoms with E-state index in [1.54, 1.807) is 6.07 Å². The molecule has 4 aromatic rings. The Morgan fingerprint density at radius 3 is 2.31 bits per heavy atom. The van der Waals surface area contributed by atoms with Gasteiger partial charge in [-0.3, -0.25) is 0 Å². The Kier molecular flexibility index (Phi) is 7.15. The van der Waals surface area contributed by atoms with Gasteiger partial charge in [0.05, 0.1) is 0 Å². The van der Waals surface area contributed by atoms with E-state index in [4.69, 9.17) is 23.7 Å². The third-order valence-electron chi connectivity index (χ3n) is 11.9. The van der Waals surface area contributed by atoms with Crippen molar-refractivity contribution in [3.05, 3.63) is 112 Å². The maximum Gasteiger partial charge on any atom is 0.281 e. The van der Waals surface area contributed by atoms with Crippen molar-refractivity contribution in [2.24, 2.45) is 16.7 Å². The first kappa shape index (κ1) is 30.5. The lowest BCUT2D eigenvalue weighted by Gasteiger charge is -2.53. The van der Waals surface area contributed by atoms with Crippen LogP contribution in [0.1, 0.15) is 75.1 Å². The summed E-state index contributed by atoms with van der Waals surface area (Å²) in [7, 11) is 0. The number of rotatable bonds is 0. The molecule has 2 aliphatic carbocycles. The lowest BCUT2D eigenvalue weighted by molar-refractivity contribution is -0.0984. The van der Waals surface area contributed by atoms with Crippen molar-refractivity contribution in [2.75, 3.05) is 0 Å². The number of hydrogen-bond acceptors (Lipinski definition) is 6. The summed E-state index contributed by atoms with van der Waals surface area (Å²) in [6.07, 6.45) is 8.09. The smallest absolute Gasteiger partial charge is 0.281 e. The van der Waals surface area contributed by atoms with E-state index in [1.165, 1.54) is 30.4 Å². The molecule has 1 fully saturated rings. The topological polar surface area (TPSA) is 66.4 Å². The van der Waals surface area contributed by atoms with Gasteiger partial charge in [0.15, 0.2) is 29.1 Å². The molecule has 6 aliphatic heterocycles. The Morgan fingerprint density at radius 1 is 0.673 bits per heavy atom. The predicted molar refractivity (Wildman–Crippen MR) is 188 cm³/mol. The van der Waals surface area contributed by atoms with Crippen LogP contribution in [0.5, 0.6) is 40.2 Å². The van der Waals surface area contributed by atoms with Crippen LogP contribution in [-0.4, -0.2) is 17.5 Å². The monoisotopic (exact) mass is 656 g/mol. The molecule has 4 aromatic carbocycles. The molecule has 49 heavy (non-hydrogen) atoms. The molecule has 0 spiro atoms. The van der Waals surface area contributed by atoms with Crippen LogP contribution in [0.2, 0.25) is 0 Å². The second-order valence-corrected chi connectivity index (χ2v) is 15.7. The fourth-order valence-corrected chi connectivity index (χ4v) is 9.24. The molecule has 8 aliphatic rings. The van der Waals surface area contributed by atoms with E-state index in [0.29, 0.717) is 28.9 Å². The molecule has 252 valence electrons. The third kappa shape index (κ3) is 5.50. The molecule has 6 nitrogen and oxygen atoms in total. The fraction of sp³-hybridized carbons (Fsp3) is 0.395. The average Bonchev–Trinajstić information content (AvgIpc) is 3.43. The van der Waals surface area contributed by atoms with Gasteiger partial charge < -0.3 is 28.8 Å². The van der Waals surface area contributed by atoms with E-state index in [1.807, 2.05) is 42.5 Å². The van der Waals surface area contributed by atoms with Crippen LogP contribution in [0.3, 0.4) is 0 Å². The highest BCUT2D eigenvalue weighted by Crippen LogP contribution is 2.62. The number of allylic oxidation sites excluding steroid dienone is 1. The molecule has 8 bridgehead atoms. The number of aromatic hydroxyl groups is 1. The van der Waals surface area contributed by atoms with E-state index < -0.39 is 6.29 Å². The molecule has 1 saturated carbocycles. The minimum atomic E-state index is -0.526. The van der Waals surface area contributed by atoms with Crippen molar-refractivity contribution >= 4 is 0 Å². The minimum absolute atomic E-state index is 0.128. The summed E-state index contributed by atoms with van der Waals surface area (Å²) in [5.41, 5.74) is 6.29. The van der Waals surface area contributed by atoms with Gasteiger partial charge in [0, 0.05) is 12.0 Å². The molecule has 6 heteroatoms. The molecule has 12 rings (SSSR count). The van der Waals surface area contributed by atoms with Crippen LogP contribution in [0.4, 0.5) is 0 Å². The lowest BCUT2D eigenvalue weighted by atomic mass is 9.51. The highest BCUT2D eigenvalue weighted by atomic mass is 16.7. The van der Waals surface area contributed by atoms with Gasteiger partial charge in [-0.05, 0) is 126 Å². The summed E-state index contributed by atoms with van der Waals surface area (Å²) in [6.45, 7) is 7.36. The Labute approximate surface area is 288 Å². The number of hydrogen-bond donors (Lipinski definition) is 1. The Bertz CT molecular complexity index is 1960. The zero-order valence-electron chi connectivity index (χ0n) is 28.6. The predicted octanol–water partition coefficient (Wildman–Crippen LogP) is 10.2. The summed E-state index contributed by atoms with van der Waals surface area (Å²) < 4.78 is 33.2. The molecule has 0 radical (unpaired) electrons. The molecule has 0 aromatic heterocycles. The maximum absolute atomic E-state index is 10.5. The van der Waals surface area contributed by atoms with Gasteiger partial charge >= 0.3 is 0 Å². The summed E-state index contributed by atoms with van der Waals surface area (Å²) in [5, 5.41) is 10.5. The number of aryl methyl sites for hydroxylation is 4. The Morgan fingerprint density at radius 2 is 1.45 bits per heavy atom. The Balaban J connectivity index is 1.07. The van der Waals surface area contributed by atoms with E-state index in [0.717, 1.165) is 72.5 Å². The summed E-state index contributed by atoms with van der Waals surface area (Å²) in [4.78, 5) is 0. The summed E-state index contributed by atoms with van der Waals surface area (Å²) >= 11 is 0. The molecule has 0 saturated heterocycles. The highest BCUT2D eigenvalue weighted by molar-refractivity contribution is 5.59. The Hall–Kier alpha value is -4.58. The third-order valence-corrected chi connectivity index (χ3v) is 11.9. The van der Waals surface area contributed by atoms with Gasteiger partial charge in [-0.15, -0.1) is 0 Å². The lowest BCUT2D eigenvalue weighted by Crippen LogP contribution is -2.46. The molecule has 0 unspecified atom stereocenters. The molecular weight excluding hydrogens is 612 g/mol. The number of benzene rings is 4. The summed E-state index contributed by atoms with van der Waals surface area (Å²) in [5.74, 6) is 5.67.